The molecule has 1 aliphatic heterocycles. The van der Waals surface area contributed by atoms with Gasteiger partial charge in [-0.15, -0.1) is 0 Å². The number of hydrogen-bond acceptors (Lipinski definition) is 5. The summed E-state index contributed by atoms with van der Waals surface area (Å²) in [5, 5.41) is 3.08. The van der Waals surface area contributed by atoms with Gasteiger partial charge in [0.1, 0.15) is 17.7 Å². The molecule has 0 fully saturated rings. The lowest BCUT2D eigenvalue weighted by molar-refractivity contribution is -0.137. The van der Waals surface area contributed by atoms with E-state index in [-0.39, 0.29) is 22.6 Å². The van der Waals surface area contributed by atoms with Gasteiger partial charge >= 0.3 is 12.1 Å². The number of halogens is 3. The summed E-state index contributed by atoms with van der Waals surface area (Å²) < 4.78 is 70.9. The van der Waals surface area contributed by atoms with Gasteiger partial charge in [-0.25, -0.2) is 13.2 Å². The highest BCUT2D eigenvalue weighted by molar-refractivity contribution is 7.89. The van der Waals surface area contributed by atoms with E-state index in [9.17, 15) is 26.4 Å². The first-order valence-electron chi connectivity index (χ1n) is 9.45. The molecule has 10 heteroatoms. The molecule has 0 spiro atoms. The Labute approximate surface area is 182 Å². The highest BCUT2D eigenvalue weighted by Crippen LogP contribution is 2.31. The van der Waals surface area contributed by atoms with E-state index in [1.165, 1.54) is 30.3 Å². The molecule has 0 bridgehead atoms. The van der Waals surface area contributed by atoms with Gasteiger partial charge < -0.3 is 10.1 Å². The summed E-state index contributed by atoms with van der Waals surface area (Å²) in [4.78, 5) is 12.4. The van der Waals surface area contributed by atoms with Crippen LogP contribution in [0.2, 0.25) is 0 Å². The van der Waals surface area contributed by atoms with Gasteiger partial charge in [0.2, 0.25) is 10.0 Å². The third kappa shape index (κ3) is 4.61. The highest BCUT2D eigenvalue weighted by Gasteiger charge is 2.31. The lowest BCUT2D eigenvalue weighted by Gasteiger charge is -2.28. The standard InChI is InChI=1S/C22H17F3N2O4S/c23-22(24,25)17-5-3-4-14(12-17)13-31-21(28)16-10-8-15(9-11-16)20-26-18-6-1-2-7-19(18)32(29,30)27-20/h1-12,20,26-27H,13H2/t20-/m1/s1. The first-order valence-corrected chi connectivity index (χ1v) is 10.9. The third-order valence-electron chi connectivity index (χ3n) is 4.85. The Kier molecular flexibility index (Phi) is 5.66. The first kappa shape index (κ1) is 21.8. The normalized spacial score (nSPS) is 17.2. The van der Waals surface area contributed by atoms with Crippen molar-refractivity contribution in [2.45, 2.75) is 23.8 Å². The molecule has 6 nitrogen and oxygen atoms in total. The van der Waals surface area contributed by atoms with Crippen LogP contribution in [0.5, 0.6) is 0 Å². The number of sulfonamides is 1. The summed E-state index contributed by atoms with van der Waals surface area (Å²) in [6, 6.07) is 17.1. The van der Waals surface area contributed by atoms with Crippen LogP contribution in [-0.4, -0.2) is 14.4 Å². The molecule has 32 heavy (non-hydrogen) atoms. The number of nitrogens with one attached hydrogen (secondary N) is 2. The summed E-state index contributed by atoms with van der Waals surface area (Å²) in [5.41, 5.74) is 0.599. The molecule has 0 saturated heterocycles. The maximum Gasteiger partial charge on any atom is 0.416 e. The number of rotatable bonds is 4. The van der Waals surface area contributed by atoms with Crippen LogP contribution in [0.25, 0.3) is 0 Å². The number of benzene rings is 3. The molecule has 4 rings (SSSR count). The lowest BCUT2D eigenvalue weighted by Crippen LogP contribution is -2.38. The van der Waals surface area contributed by atoms with Crippen LogP contribution >= 0.6 is 0 Å². The Morgan fingerprint density at radius 3 is 2.41 bits per heavy atom. The summed E-state index contributed by atoms with van der Waals surface area (Å²) >= 11 is 0. The van der Waals surface area contributed by atoms with Gasteiger partial charge in [0.25, 0.3) is 0 Å². The number of esters is 1. The number of hydrogen-bond donors (Lipinski definition) is 2. The molecule has 3 aromatic rings. The second-order valence-corrected chi connectivity index (χ2v) is 8.77. The fraction of sp³-hybridized carbons (Fsp3) is 0.136. The van der Waals surface area contributed by atoms with Crippen LogP contribution in [0.15, 0.2) is 77.7 Å². The van der Waals surface area contributed by atoms with Crippen molar-refractivity contribution in [3.63, 3.8) is 0 Å². The third-order valence-corrected chi connectivity index (χ3v) is 6.33. The van der Waals surface area contributed by atoms with Gasteiger partial charge in [-0.2, -0.15) is 17.9 Å². The van der Waals surface area contributed by atoms with Crippen molar-refractivity contribution in [1.82, 2.24) is 4.72 Å². The summed E-state index contributed by atoms with van der Waals surface area (Å²) in [6.07, 6.45) is -5.21. The molecule has 166 valence electrons. The number of carbonyl (C=O) groups excluding carboxylic acids is 1. The Morgan fingerprint density at radius 2 is 1.69 bits per heavy atom. The molecule has 1 heterocycles. The topological polar surface area (TPSA) is 84.5 Å². The number of fused-ring (bicyclic) bond motifs is 1. The van der Waals surface area contributed by atoms with E-state index < -0.39 is 33.9 Å². The van der Waals surface area contributed by atoms with Gasteiger partial charge in [-0.05, 0) is 47.5 Å². The molecule has 3 aromatic carbocycles. The van der Waals surface area contributed by atoms with Gasteiger partial charge in [-0.1, -0.05) is 36.4 Å². The molecule has 1 atom stereocenters. The minimum absolute atomic E-state index is 0.144. The Hall–Kier alpha value is -3.37. The highest BCUT2D eigenvalue weighted by atomic mass is 32.2. The van der Waals surface area contributed by atoms with Crippen molar-refractivity contribution >= 4 is 21.7 Å². The number of para-hydroxylation sites is 1. The summed E-state index contributed by atoms with van der Waals surface area (Å²) in [7, 11) is -3.70. The SMILES string of the molecule is O=C(OCc1cccc(C(F)(F)F)c1)c1ccc([C@@H]2Nc3ccccc3S(=O)(=O)N2)cc1. The van der Waals surface area contributed by atoms with E-state index in [0.717, 1.165) is 12.1 Å². The fourth-order valence-corrected chi connectivity index (χ4v) is 4.56. The molecule has 2 N–H and O–H groups in total. The minimum Gasteiger partial charge on any atom is -0.457 e. The Bertz CT molecular complexity index is 1260. The van der Waals surface area contributed by atoms with E-state index >= 15 is 0 Å². The molecular weight excluding hydrogens is 445 g/mol. The average Bonchev–Trinajstić information content (AvgIpc) is 2.77. The number of alkyl halides is 3. The van der Waals surface area contributed by atoms with E-state index in [1.807, 2.05) is 0 Å². The molecule has 0 unspecified atom stereocenters. The molecule has 0 aromatic heterocycles. The zero-order chi connectivity index (χ0) is 22.9. The lowest BCUT2D eigenvalue weighted by atomic mass is 10.1. The molecular formula is C22H17F3N2O4S. The zero-order valence-corrected chi connectivity index (χ0v) is 17.2. The van der Waals surface area contributed by atoms with Crippen LogP contribution in [0.4, 0.5) is 18.9 Å². The minimum atomic E-state index is -4.48. The van der Waals surface area contributed by atoms with Crippen molar-refractivity contribution in [2.24, 2.45) is 0 Å². The average molecular weight is 462 g/mol. The van der Waals surface area contributed by atoms with E-state index in [4.69, 9.17) is 4.74 Å². The predicted octanol–water partition coefficient (Wildman–Crippen LogP) is 4.47. The van der Waals surface area contributed by atoms with Crippen LogP contribution in [0.1, 0.15) is 33.2 Å². The van der Waals surface area contributed by atoms with Crippen molar-refractivity contribution in [3.8, 4) is 0 Å². The Balaban J connectivity index is 1.44. The molecule has 0 saturated carbocycles. The zero-order valence-electron chi connectivity index (χ0n) is 16.4. The maximum atomic E-state index is 12.8. The van der Waals surface area contributed by atoms with Crippen LogP contribution in [-0.2, 0) is 27.5 Å². The quantitative estimate of drug-likeness (QED) is 0.559. The molecule has 0 radical (unpaired) electrons. The van der Waals surface area contributed by atoms with E-state index in [2.05, 4.69) is 10.0 Å². The van der Waals surface area contributed by atoms with E-state index in [0.29, 0.717) is 11.3 Å². The van der Waals surface area contributed by atoms with Gasteiger partial charge in [0, 0.05) is 0 Å². The van der Waals surface area contributed by atoms with Crippen molar-refractivity contribution < 1.29 is 31.1 Å². The first-order chi connectivity index (χ1) is 15.1. The van der Waals surface area contributed by atoms with Crippen LogP contribution < -0.4 is 10.0 Å². The molecule has 0 aliphatic carbocycles. The second kappa shape index (κ2) is 8.29. The molecule has 1 aliphatic rings. The van der Waals surface area contributed by atoms with E-state index in [1.54, 1.807) is 30.3 Å². The second-order valence-electron chi connectivity index (χ2n) is 7.09. The van der Waals surface area contributed by atoms with Crippen molar-refractivity contribution in [3.05, 3.63) is 95.1 Å². The van der Waals surface area contributed by atoms with Crippen LogP contribution in [0, 0.1) is 0 Å². The fourth-order valence-electron chi connectivity index (χ4n) is 3.26. The van der Waals surface area contributed by atoms with Gasteiger partial charge in [0.15, 0.2) is 0 Å². The number of ether oxygens (including phenoxy) is 1. The monoisotopic (exact) mass is 462 g/mol. The van der Waals surface area contributed by atoms with Crippen LogP contribution in [0.3, 0.4) is 0 Å². The summed E-state index contributed by atoms with van der Waals surface area (Å²) in [5.74, 6) is -0.712. The maximum absolute atomic E-state index is 12.8. The number of carbonyl (C=O) groups is 1. The largest absolute Gasteiger partial charge is 0.457 e. The molecule has 0 amide bonds. The van der Waals surface area contributed by atoms with Gasteiger partial charge in [-0.3, -0.25) is 0 Å². The van der Waals surface area contributed by atoms with Crippen molar-refractivity contribution in [1.29, 1.82) is 0 Å². The summed E-state index contributed by atoms with van der Waals surface area (Å²) in [6.45, 7) is -0.314. The Morgan fingerprint density at radius 1 is 0.969 bits per heavy atom. The smallest absolute Gasteiger partial charge is 0.416 e. The van der Waals surface area contributed by atoms with Crippen molar-refractivity contribution in [2.75, 3.05) is 5.32 Å². The predicted molar refractivity (Wildman–Crippen MR) is 110 cm³/mol. The van der Waals surface area contributed by atoms with Gasteiger partial charge in [0.05, 0.1) is 16.8 Å². The number of anilines is 1.